The van der Waals surface area contributed by atoms with Crippen LogP contribution in [0.2, 0.25) is 0 Å². The predicted octanol–water partition coefficient (Wildman–Crippen LogP) is 9.49. The predicted molar refractivity (Wildman–Crippen MR) is 194 cm³/mol. The summed E-state index contributed by atoms with van der Waals surface area (Å²) in [4.78, 5) is 16.7. The number of allylic oxidation sites excluding steroid dienone is 5. The zero-order valence-corrected chi connectivity index (χ0v) is 27.2. The second-order valence-corrected chi connectivity index (χ2v) is 12.8. The monoisotopic (exact) mass is 605 g/mol. The van der Waals surface area contributed by atoms with E-state index in [2.05, 4.69) is 102 Å². The number of anilines is 1. The highest BCUT2D eigenvalue weighted by Gasteiger charge is 2.39. The highest BCUT2D eigenvalue weighted by molar-refractivity contribution is 6.43. The summed E-state index contributed by atoms with van der Waals surface area (Å²) < 4.78 is 2.09. The van der Waals surface area contributed by atoms with Crippen LogP contribution in [0.25, 0.3) is 43.5 Å². The van der Waals surface area contributed by atoms with E-state index >= 15 is 0 Å². The lowest BCUT2D eigenvalue weighted by Gasteiger charge is -2.29. The maximum absolute atomic E-state index is 14.2. The van der Waals surface area contributed by atoms with Crippen LogP contribution in [-0.2, 0) is 4.79 Å². The lowest BCUT2D eigenvalue weighted by Crippen LogP contribution is -2.26. The largest absolute Gasteiger partial charge is 0.506 e. The Morgan fingerprint density at radius 3 is 1.78 bits per heavy atom. The highest BCUT2D eigenvalue weighted by atomic mass is 16.3. The Morgan fingerprint density at radius 2 is 1.22 bits per heavy atom. The van der Waals surface area contributed by atoms with Gasteiger partial charge in [0.15, 0.2) is 0 Å². The molecule has 2 aliphatic rings. The first-order chi connectivity index (χ1) is 22.4. The van der Waals surface area contributed by atoms with Crippen LogP contribution in [0.5, 0.6) is 0 Å². The van der Waals surface area contributed by atoms with Crippen molar-refractivity contribution in [2.75, 3.05) is 32.1 Å². The molecule has 0 unspecified atom stereocenters. The summed E-state index contributed by atoms with van der Waals surface area (Å²) in [5.74, 6) is -0.0336. The van der Waals surface area contributed by atoms with Crippen LogP contribution in [0.15, 0.2) is 108 Å². The quantitative estimate of drug-likeness (QED) is 0.109. The first kappa shape index (κ1) is 29.7. The number of ketones is 1. The van der Waals surface area contributed by atoms with E-state index in [1.54, 1.807) is 0 Å². The Balaban J connectivity index is 1.43. The Kier molecular flexibility index (Phi) is 7.82. The van der Waals surface area contributed by atoms with Crippen LogP contribution in [0.3, 0.4) is 0 Å². The average Bonchev–Trinajstić information content (AvgIpc) is 3.07. The molecule has 0 saturated heterocycles. The summed E-state index contributed by atoms with van der Waals surface area (Å²) in [7, 11) is 4.07. The van der Waals surface area contributed by atoms with Crippen LogP contribution in [0.1, 0.15) is 56.2 Å². The van der Waals surface area contributed by atoms with Gasteiger partial charge in [0.05, 0.1) is 16.7 Å². The number of carbonyl (C=O) groups excluding carboxylic acids is 1. The molecule has 0 saturated carbocycles. The van der Waals surface area contributed by atoms with Gasteiger partial charge in [0.1, 0.15) is 19.9 Å². The van der Waals surface area contributed by atoms with Gasteiger partial charge in [-0.2, -0.15) is 0 Å². The van der Waals surface area contributed by atoms with E-state index in [0.717, 1.165) is 93.7 Å². The van der Waals surface area contributed by atoms with E-state index in [0.29, 0.717) is 11.1 Å². The number of carbonyl (C=O) groups is 1. The van der Waals surface area contributed by atoms with Crippen molar-refractivity contribution in [2.24, 2.45) is 0 Å². The van der Waals surface area contributed by atoms with E-state index in [1.165, 1.54) is 11.1 Å². The summed E-state index contributed by atoms with van der Waals surface area (Å²) >= 11 is 0. The number of rotatable bonds is 8. The molecule has 46 heavy (non-hydrogen) atoms. The van der Waals surface area contributed by atoms with E-state index in [9.17, 15) is 9.90 Å². The van der Waals surface area contributed by atoms with Crippen LogP contribution in [0, 0.1) is 0 Å². The Bertz CT molecular complexity index is 2170. The molecular formula is C42H41N2O2+. The highest BCUT2D eigenvalue weighted by Crippen LogP contribution is 2.46. The van der Waals surface area contributed by atoms with Crippen molar-refractivity contribution < 1.29 is 14.5 Å². The van der Waals surface area contributed by atoms with Crippen LogP contribution >= 0.6 is 0 Å². The smallest absolute Gasteiger partial charge is 0.207 e. The van der Waals surface area contributed by atoms with Gasteiger partial charge < -0.3 is 10.0 Å². The molecule has 0 atom stereocenters. The summed E-state index contributed by atoms with van der Waals surface area (Å²) in [6.45, 7) is 6.45. The Morgan fingerprint density at radius 1 is 0.652 bits per heavy atom. The van der Waals surface area contributed by atoms with Crippen LogP contribution in [0.4, 0.5) is 5.69 Å². The Hall–Kier alpha value is -4.96. The topological polar surface area (TPSA) is 43.5 Å². The maximum atomic E-state index is 14.2. The zero-order chi connectivity index (χ0) is 31.9. The van der Waals surface area contributed by atoms with Gasteiger partial charge in [-0.15, -0.1) is 0 Å². The summed E-state index contributed by atoms with van der Waals surface area (Å²) in [5.41, 5.74) is 6.66. The Labute approximate surface area is 271 Å². The van der Waals surface area contributed by atoms with Gasteiger partial charge in [-0.3, -0.25) is 4.79 Å². The van der Waals surface area contributed by atoms with Gasteiger partial charge in [-0.05, 0) is 92.9 Å². The second kappa shape index (κ2) is 12.1. The van der Waals surface area contributed by atoms with Gasteiger partial charge in [0, 0.05) is 30.2 Å². The van der Waals surface area contributed by atoms with Crippen molar-refractivity contribution in [1.82, 2.24) is 0 Å². The summed E-state index contributed by atoms with van der Waals surface area (Å²) in [6, 6.07) is 29.7. The molecule has 0 heterocycles. The number of nitrogens with zero attached hydrogens (tertiary/aromatic N) is 2. The summed E-state index contributed by atoms with van der Waals surface area (Å²) in [6.07, 6.45) is 8.55. The molecule has 0 aromatic heterocycles. The number of unbranched alkanes of at least 4 members (excludes halogenated alkanes) is 2. The third-order valence-electron chi connectivity index (χ3n) is 9.57. The lowest BCUT2D eigenvalue weighted by atomic mass is 9.75. The zero-order valence-electron chi connectivity index (χ0n) is 27.2. The number of aliphatic hydroxyl groups is 1. The normalized spacial score (nSPS) is 16.0. The fourth-order valence-electron chi connectivity index (χ4n) is 7.09. The second-order valence-electron chi connectivity index (χ2n) is 12.8. The lowest BCUT2D eigenvalue weighted by molar-refractivity contribution is -0.463. The van der Waals surface area contributed by atoms with Crippen molar-refractivity contribution in [1.29, 1.82) is 0 Å². The van der Waals surface area contributed by atoms with Crippen LogP contribution < -0.4 is 4.90 Å². The molecule has 0 bridgehead atoms. The molecule has 0 amide bonds. The molecule has 0 spiro atoms. The van der Waals surface area contributed by atoms with Crippen molar-refractivity contribution in [3.05, 3.63) is 125 Å². The third-order valence-corrected chi connectivity index (χ3v) is 9.57. The molecule has 4 heteroatoms. The third kappa shape index (κ3) is 4.93. The van der Waals surface area contributed by atoms with Crippen molar-refractivity contribution in [3.63, 3.8) is 0 Å². The van der Waals surface area contributed by atoms with E-state index in [4.69, 9.17) is 0 Å². The van der Waals surface area contributed by atoms with Gasteiger partial charge in [-0.25, -0.2) is 4.58 Å². The van der Waals surface area contributed by atoms with Gasteiger partial charge in [-0.1, -0.05) is 81.3 Å². The number of aliphatic hydroxyl groups excluding tert-OH is 1. The number of Topliss-reactive ketones (excluding diaryl/α,β-unsaturated/α-hetero) is 1. The van der Waals surface area contributed by atoms with E-state index < -0.39 is 0 Å². The molecule has 2 aliphatic carbocycles. The number of hydrogen-bond donors (Lipinski definition) is 1. The maximum Gasteiger partial charge on any atom is 0.207 e. The minimum Gasteiger partial charge on any atom is -0.506 e. The SMILES string of the molecule is CCCCN(CCCC)c1ccc(C2=C(O)C(=C3C=CC(=[N+](C)C)c4cc5ccccc5cc43)C2=O)c2cc3ccccc3cc12. The van der Waals surface area contributed by atoms with Gasteiger partial charge in [0.25, 0.3) is 0 Å². The fraction of sp³-hybridized carbons (Fsp3) is 0.238. The first-order valence-corrected chi connectivity index (χ1v) is 16.6. The first-order valence-electron chi connectivity index (χ1n) is 16.6. The average molecular weight is 606 g/mol. The van der Waals surface area contributed by atoms with Crippen molar-refractivity contribution >= 4 is 60.6 Å². The minimum absolute atomic E-state index is 0.0769. The molecule has 5 aromatic carbocycles. The molecule has 7 rings (SSSR count). The molecular weight excluding hydrogens is 564 g/mol. The van der Waals surface area contributed by atoms with Crippen molar-refractivity contribution in [2.45, 2.75) is 39.5 Å². The molecule has 5 aromatic rings. The molecule has 1 N–H and O–H groups in total. The molecule has 230 valence electrons. The number of benzene rings is 5. The molecule has 0 radical (unpaired) electrons. The minimum atomic E-state index is -0.111. The van der Waals surface area contributed by atoms with Crippen molar-refractivity contribution in [3.8, 4) is 0 Å². The number of fused-ring (bicyclic) bond motifs is 4. The standard InChI is InChI=1S/C42H40N2O2/c1-5-7-21-44(22-8-6-2)38-20-18-32(34-24-28-14-10-12-16-30(28)26-36(34)38)40-41(45)39(42(40)46)31-17-19-37(43(3)4)35-25-29-15-11-9-13-27(29)23-33(31)35/h9-20,23-26H,5-8,21-22H2,1-4H3/p+1. The fourth-order valence-corrected chi connectivity index (χ4v) is 7.09. The number of hydrogen-bond acceptors (Lipinski definition) is 3. The molecule has 0 fully saturated rings. The van der Waals surface area contributed by atoms with E-state index in [-0.39, 0.29) is 11.5 Å². The summed E-state index contributed by atoms with van der Waals surface area (Å²) in [5, 5.41) is 18.4. The van der Waals surface area contributed by atoms with Gasteiger partial charge >= 0.3 is 0 Å². The van der Waals surface area contributed by atoms with E-state index in [1.807, 2.05) is 32.3 Å². The van der Waals surface area contributed by atoms with Crippen LogP contribution in [-0.4, -0.2) is 48.4 Å². The molecule has 0 aliphatic heterocycles. The molecule has 4 nitrogen and oxygen atoms in total. The van der Waals surface area contributed by atoms with Gasteiger partial charge in [0.2, 0.25) is 11.5 Å².